The highest BCUT2D eigenvalue weighted by molar-refractivity contribution is 7.92. The van der Waals surface area contributed by atoms with Crippen molar-refractivity contribution in [2.24, 2.45) is 0 Å². The standard InChI is InChI=1S/C12H8Cl2FNO2S/c13-10-6-8(7-11(14)12(10)15)16-19(17,18)9-4-2-1-3-5-9/h1-7,16H. The van der Waals surface area contributed by atoms with Gasteiger partial charge in [-0.2, -0.15) is 0 Å². The van der Waals surface area contributed by atoms with E-state index in [9.17, 15) is 12.8 Å². The first-order valence-electron chi connectivity index (χ1n) is 5.12. The molecule has 2 rings (SSSR count). The van der Waals surface area contributed by atoms with Crippen LogP contribution in [0.4, 0.5) is 10.1 Å². The van der Waals surface area contributed by atoms with Gasteiger partial charge in [-0.05, 0) is 24.3 Å². The van der Waals surface area contributed by atoms with Gasteiger partial charge in [0.25, 0.3) is 10.0 Å². The molecule has 0 saturated heterocycles. The molecule has 1 N–H and O–H groups in total. The number of sulfonamides is 1. The molecular weight excluding hydrogens is 312 g/mol. The van der Waals surface area contributed by atoms with E-state index in [4.69, 9.17) is 23.2 Å². The smallest absolute Gasteiger partial charge is 0.261 e. The number of anilines is 1. The van der Waals surface area contributed by atoms with Crippen molar-refractivity contribution in [1.82, 2.24) is 0 Å². The summed E-state index contributed by atoms with van der Waals surface area (Å²) in [5.41, 5.74) is 0.0975. The Morgan fingerprint density at radius 2 is 1.53 bits per heavy atom. The van der Waals surface area contributed by atoms with E-state index in [1.807, 2.05) is 0 Å². The van der Waals surface area contributed by atoms with Gasteiger partial charge in [-0.15, -0.1) is 0 Å². The van der Waals surface area contributed by atoms with E-state index in [0.29, 0.717) is 0 Å². The zero-order valence-electron chi connectivity index (χ0n) is 9.40. The molecule has 0 atom stereocenters. The van der Waals surface area contributed by atoms with Gasteiger partial charge in [0, 0.05) is 0 Å². The highest BCUT2D eigenvalue weighted by Gasteiger charge is 2.15. The first-order valence-corrected chi connectivity index (χ1v) is 7.36. The summed E-state index contributed by atoms with van der Waals surface area (Å²) in [5, 5.41) is -0.503. The third kappa shape index (κ3) is 3.18. The zero-order valence-corrected chi connectivity index (χ0v) is 11.7. The van der Waals surface area contributed by atoms with E-state index >= 15 is 0 Å². The first-order chi connectivity index (χ1) is 8.90. The minimum Gasteiger partial charge on any atom is -0.280 e. The second-order valence-corrected chi connectivity index (χ2v) is 6.17. The minimum atomic E-state index is -3.75. The number of rotatable bonds is 3. The largest absolute Gasteiger partial charge is 0.280 e. The number of halogens is 3. The van der Waals surface area contributed by atoms with Gasteiger partial charge in [0.1, 0.15) is 0 Å². The van der Waals surface area contributed by atoms with Crippen LogP contribution in [-0.2, 0) is 10.0 Å². The molecule has 19 heavy (non-hydrogen) atoms. The third-order valence-electron chi connectivity index (χ3n) is 2.29. The lowest BCUT2D eigenvalue weighted by molar-refractivity contribution is 0.601. The number of benzene rings is 2. The summed E-state index contributed by atoms with van der Waals surface area (Å²) in [6, 6.07) is 10.1. The van der Waals surface area contributed by atoms with E-state index < -0.39 is 15.8 Å². The molecule has 0 aliphatic carbocycles. The lowest BCUT2D eigenvalue weighted by atomic mass is 10.3. The summed E-state index contributed by atoms with van der Waals surface area (Å²) in [6.45, 7) is 0. The number of nitrogens with one attached hydrogen (secondary N) is 1. The van der Waals surface area contributed by atoms with Gasteiger partial charge in [-0.25, -0.2) is 12.8 Å². The second-order valence-electron chi connectivity index (χ2n) is 3.67. The number of hydrogen-bond acceptors (Lipinski definition) is 2. The van der Waals surface area contributed by atoms with Gasteiger partial charge in [-0.3, -0.25) is 4.72 Å². The summed E-state index contributed by atoms with van der Waals surface area (Å²) in [4.78, 5) is 0.0894. The van der Waals surface area contributed by atoms with Crippen molar-refractivity contribution in [1.29, 1.82) is 0 Å². The molecule has 3 nitrogen and oxygen atoms in total. The Hall–Kier alpha value is -1.30. The molecule has 0 amide bonds. The Balaban J connectivity index is 2.37. The van der Waals surface area contributed by atoms with Gasteiger partial charge in [0.05, 0.1) is 20.6 Å². The number of hydrogen-bond donors (Lipinski definition) is 1. The van der Waals surface area contributed by atoms with Crippen molar-refractivity contribution in [3.8, 4) is 0 Å². The van der Waals surface area contributed by atoms with Crippen LogP contribution < -0.4 is 4.72 Å². The Kier molecular flexibility index (Phi) is 3.99. The molecular formula is C12H8Cl2FNO2S. The molecule has 0 bridgehead atoms. The lowest BCUT2D eigenvalue weighted by Gasteiger charge is -2.09. The SMILES string of the molecule is O=S(=O)(Nc1cc(Cl)c(F)c(Cl)c1)c1ccccc1. The van der Waals surface area contributed by atoms with E-state index in [1.54, 1.807) is 18.2 Å². The van der Waals surface area contributed by atoms with Crippen molar-refractivity contribution in [2.45, 2.75) is 4.90 Å². The van der Waals surface area contributed by atoms with Crippen LogP contribution >= 0.6 is 23.2 Å². The zero-order chi connectivity index (χ0) is 14.0. The molecule has 0 unspecified atom stereocenters. The fraction of sp³-hybridized carbons (Fsp3) is 0. The van der Waals surface area contributed by atoms with Crippen LogP contribution in [0.1, 0.15) is 0 Å². The fourth-order valence-electron chi connectivity index (χ4n) is 1.43. The van der Waals surface area contributed by atoms with Gasteiger partial charge in [0.2, 0.25) is 0 Å². The Morgan fingerprint density at radius 1 is 1.00 bits per heavy atom. The van der Waals surface area contributed by atoms with Crippen LogP contribution in [0.3, 0.4) is 0 Å². The maximum atomic E-state index is 13.2. The Labute approximate surface area is 120 Å². The van der Waals surface area contributed by atoms with Crippen LogP contribution in [0.25, 0.3) is 0 Å². The van der Waals surface area contributed by atoms with Crippen molar-refractivity contribution < 1.29 is 12.8 Å². The Bertz CT molecular complexity index is 682. The topological polar surface area (TPSA) is 46.2 Å². The molecule has 100 valence electrons. The molecule has 2 aromatic carbocycles. The van der Waals surface area contributed by atoms with Crippen LogP contribution in [0.2, 0.25) is 10.0 Å². The summed E-state index contributed by atoms with van der Waals surface area (Å²) >= 11 is 11.2. The molecule has 2 aromatic rings. The quantitative estimate of drug-likeness (QED) is 0.871. The van der Waals surface area contributed by atoms with Crippen LogP contribution in [0.15, 0.2) is 47.4 Å². The lowest BCUT2D eigenvalue weighted by Crippen LogP contribution is -2.12. The van der Waals surface area contributed by atoms with Gasteiger partial charge in [-0.1, -0.05) is 41.4 Å². The van der Waals surface area contributed by atoms with Crippen molar-refractivity contribution in [2.75, 3.05) is 4.72 Å². The summed E-state index contributed by atoms with van der Waals surface area (Å²) in [7, 11) is -3.75. The maximum absolute atomic E-state index is 13.2. The Morgan fingerprint density at radius 3 is 2.05 bits per heavy atom. The van der Waals surface area contributed by atoms with E-state index in [1.165, 1.54) is 12.1 Å². The van der Waals surface area contributed by atoms with E-state index in [-0.39, 0.29) is 20.6 Å². The molecule has 0 aliphatic heterocycles. The average Bonchev–Trinajstić information content (AvgIpc) is 2.36. The van der Waals surface area contributed by atoms with E-state index in [2.05, 4.69) is 4.72 Å². The molecule has 0 saturated carbocycles. The van der Waals surface area contributed by atoms with Crippen molar-refractivity contribution >= 4 is 38.9 Å². The summed E-state index contributed by atoms with van der Waals surface area (Å²) < 4.78 is 39.5. The molecule has 0 fully saturated rings. The normalized spacial score (nSPS) is 11.3. The fourth-order valence-corrected chi connectivity index (χ4v) is 2.98. The van der Waals surface area contributed by atoms with Gasteiger partial charge < -0.3 is 0 Å². The highest BCUT2D eigenvalue weighted by Crippen LogP contribution is 2.28. The summed E-state index contributed by atoms with van der Waals surface area (Å²) in [6.07, 6.45) is 0. The average molecular weight is 320 g/mol. The van der Waals surface area contributed by atoms with Gasteiger partial charge in [0.15, 0.2) is 5.82 Å². The molecule has 0 radical (unpaired) electrons. The minimum absolute atomic E-state index is 0.0894. The monoisotopic (exact) mass is 319 g/mol. The van der Waals surface area contributed by atoms with Crippen molar-refractivity contribution in [3.63, 3.8) is 0 Å². The van der Waals surface area contributed by atoms with Crippen molar-refractivity contribution in [3.05, 3.63) is 58.3 Å². The predicted octanol–water partition coefficient (Wildman–Crippen LogP) is 3.93. The maximum Gasteiger partial charge on any atom is 0.261 e. The third-order valence-corrected chi connectivity index (χ3v) is 4.24. The van der Waals surface area contributed by atoms with Gasteiger partial charge >= 0.3 is 0 Å². The molecule has 0 spiro atoms. The van der Waals surface area contributed by atoms with Crippen LogP contribution in [0, 0.1) is 5.82 Å². The molecule has 0 heterocycles. The van der Waals surface area contributed by atoms with E-state index in [0.717, 1.165) is 12.1 Å². The van der Waals surface area contributed by atoms with Crippen LogP contribution in [-0.4, -0.2) is 8.42 Å². The molecule has 7 heteroatoms. The first kappa shape index (κ1) is 14.1. The summed E-state index contributed by atoms with van der Waals surface area (Å²) in [5.74, 6) is -0.786. The predicted molar refractivity (Wildman–Crippen MR) is 73.7 cm³/mol. The molecule has 0 aromatic heterocycles. The highest BCUT2D eigenvalue weighted by atomic mass is 35.5. The van der Waals surface area contributed by atoms with Crippen LogP contribution in [0.5, 0.6) is 0 Å². The molecule has 0 aliphatic rings. The second kappa shape index (κ2) is 5.36.